The van der Waals surface area contributed by atoms with E-state index in [4.69, 9.17) is 9.84 Å². The Morgan fingerprint density at radius 2 is 2.05 bits per heavy atom. The highest BCUT2D eigenvalue weighted by atomic mass is 32.2. The van der Waals surface area contributed by atoms with Crippen molar-refractivity contribution in [1.29, 1.82) is 0 Å². The van der Waals surface area contributed by atoms with Crippen molar-refractivity contribution in [1.82, 2.24) is 14.7 Å². The summed E-state index contributed by atoms with van der Waals surface area (Å²) in [4.78, 5) is 6.94. The third-order valence-corrected chi connectivity index (χ3v) is 4.21. The molecule has 0 fully saturated rings. The molecule has 0 aliphatic rings. The van der Waals surface area contributed by atoms with Crippen molar-refractivity contribution >= 4 is 10.0 Å². The lowest BCUT2D eigenvalue weighted by Gasteiger charge is -2.08. The van der Waals surface area contributed by atoms with E-state index in [2.05, 4.69) is 14.7 Å². The lowest BCUT2D eigenvalue weighted by atomic mass is 10.3. The quantitative estimate of drug-likeness (QED) is 0.650. The molecule has 0 amide bonds. The van der Waals surface area contributed by atoms with Gasteiger partial charge in [0.1, 0.15) is 12.4 Å². The van der Waals surface area contributed by atoms with Gasteiger partial charge < -0.3 is 14.8 Å². The summed E-state index contributed by atoms with van der Waals surface area (Å²) >= 11 is 0. The van der Waals surface area contributed by atoms with E-state index in [0.29, 0.717) is 12.2 Å². The number of ether oxygens (including phenoxy) is 1. The first-order chi connectivity index (χ1) is 10.1. The number of imidazole rings is 1. The number of nitrogens with one attached hydrogen (secondary N) is 2. The first-order valence-corrected chi connectivity index (χ1v) is 7.91. The molecule has 0 bridgehead atoms. The minimum atomic E-state index is -3.54. The van der Waals surface area contributed by atoms with Gasteiger partial charge in [0.15, 0.2) is 0 Å². The van der Waals surface area contributed by atoms with E-state index in [-0.39, 0.29) is 24.7 Å². The van der Waals surface area contributed by atoms with E-state index in [1.807, 2.05) is 0 Å². The summed E-state index contributed by atoms with van der Waals surface area (Å²) in [6.07, 6.45) is 3.74. The van der Waals surface area contributed by atoms with Crippen LogP contribution in [0, 0.1) is 0 Å². The molecule has 1 heterocycles. The van der Waals surface area contributed by atoms with Crippen molar-refractivity contribution in [3.05, 3.63) is 42.5 Å². The van der Waals surface area contributed by atoms with Gasteiger partial charge in [-0.1, -0.05) is 0 Å². The number of aliphatic hydroxyl groups is 1. The normalized spacial score (nSPS) is 11.5. The van der Waals surface area contributed by atoms with Gasteiger partial charge in [0.05, 0.1) is 17.8 Å². The topological polar surface area (TPSA) is 104 Å². The second-order valence-corrected chi connectivity index (χ2v) is 6.04. The van der Waals surface area contributed by atoms with E-state index in [0.717, 1.165) is 5.69 Å². The fourth-order valence-corrected chi connectivity index (χ4v) is 2.74. The molecule has 2 rings (SSSR count). The molecule has 0 radical (unpaired) electrons. The lowest BCUT2D eigenvalue weighted by molar-refractivity contribution is 0.201. The van der Waals surface area contributed by atoms with Gasteiger partial charge in [-0.3, -0.25) is 0 Å². The number of nitrogens with zero attached hydrogens (tertiary/aromatic N) is 1. The largest absolute Gasteiger partial charge is 0.491 e. The minimum absolute atomic E-state index is 0.0881. The molecule has 7 nitrogen and oxygen atoms in total. The molecule has 1 aromatic heterocycles. The van der Waals surface area contributed by atoms with Gasteiger partial charge in [0.2, 0.25) is 10.0 Å². The lowest BCUT2D eigenvalue weighted by Crippen LogP contribution is -2.26. The number of H-pyrrole nitrogens is 1. The van der Waals surface area contributed by atoms with Crippen molar-refractivity contribution < 1.29 is 18.3 Å². The van der Waals surface area contributed by atoms with E-state index in [1.54, 1.807) is 24.7 Å². The van der Waals surface area contributed by atoms with Gasteiger partial charge in [-0.25, -0.2) is 18.1 Å². The average Bonchev–Trinajstić information content (AvgIpc) is 2.98. The maximum absolute atomic E-state index is 12.1. The molecule has 1 aromatic carbocycles. The van der Waals surface area contributed by atoms with E-state index < -0.39 is 10.0 Å². The monoisotopic (exact) mass is 311 g/mol. The molecule has 114 valence electrons. The van der Waals surface area contributed by atoms with Crippen LogP contribution in [0.4, 0.5) is 0 Å². The molecular weight excluding hydrogens is 294 g/mol. The molecule has 8 heteroatoms. The highest BCUT2D eigenvalue weighted by Gasteiger charge is 2.13. The van der Waals surface area contributed by atoms with Gasteiger partial charge >= 0.3 is 0 Å². The van der Waals surface area contributed by atoms with Crippen LogP contribution >= 0.6 is 0 Å². The van der Waals surface area contributed by atoms with Crippen LogP contribution in [-0.4, -0.2) is 43.3 Å². The van der Waals surface area contributed by atoms with Crippen LogP contribution in [0.5, 0.6) is 5.75 Å². The predicted molar refractivity (Wildman–Crippen MR) is 76.5 cm³/mol. The third kappa shape index (κ3) is 4.55. The van der Waals surface area contributed by atoms with Gasteiger partial charge in [0, 0.05) is 24.9 Å². The molecule has 0 spiro atoms. The van der Waals surface area contributed by atoms with Crippen molar-refractivity contribution in [2.24, 2.45) is 0 Å². The molecule has 0 saturated heterocycles. The highest BCUT2D eigenvalue weighted by Crippen LogP contribution is 2.15. The molecule has 0 unspecified atom stereocenters. The summed E-state index contributed by atoms with van der Waals surface area (Å²) in [6.45, 7) is 0.372. The number of sulfonamides is 1. The van der Waals surface area contributed by atoms with E-state index in [9.17, 15) is 8.42 Å². The Bertz CT molecular complexity index is 639. The fourth-order valence-electron chi connectivity index (χ4n) is 1.70. The van der Waals surface area contributed by atoms with E-state index >= 15 is 0 Å². The van der Waals surface area contributed by atoms with Crippen LogP contribution in [0.1, 0.15) is 5.69 Å². The van der Waals surface area contributed by atoms with Crippen molar-refractivity contribution in [2.45, 2.75) is 11.3 Å². The summed E-state index contributed by atoms with van der Waals surface area (Å²) in [7, 11) is -3.54. The average molecular weight is 311 g/mol. The molecule has 0 aliphatic carbocycles. The number of rotatable bonds is 8. The van der Waals surface area contributed by atoms with Crippen molar-refractivity contribution in [3.8, 4) is 5.75 Å². The maximum Gasteiger partial charge on any atom is 0.240 e. The number of aliphatic hydroxyl groups excluding tert-OH is 1. The summed E-state index contributed by atoms with van der Waals surface area (Å²) in [5, 5.41) is 8.65. The van der Waals surface area contributed by atoms with Gasteiger partial charge in [-0.2, -0.15) is 0 Å². The van der Waals surface area contributed by atoms with Crippen LogP contribution in [0.15, 0.2) is 41.7 Å². The number of benzene rings is 1. The minimum Gasteiger partial charge on any atom is -0.491 e. The zero-order valence-electron chi connectivity index (χ0n) is 11.3. The fraction of sp³-hybridized carbons (Fsp3) is 0.308. The molecule has 21 heavy (non-hydrogen) atoms. The van der Waals surface area contributed by atoms with Gasteiger partial charge in [0.25, 0.3) is 0 Å². The summed E-state index contributed by atoms with van der Waals surface area (Å²) in [6, 6.07) is 6.04. The first-order valence-electron chi connectivity index (χ1n) is 6.42. The third-order valence-electron chi connectivity index (χ3n) is 2.74. The molecule has 0 atom stereocenters. The van der Waals surface area contributed by atoms with Gasteiger partial charge in [-0.05, 0) is 24.3 Å². The number of hydrogen-bond donors (Lipinski definition) is 3. The SMILES string of the molecule is O=S(=O)(NCCc1cnc[nH]1)c1ccc(OCCO)cc1. The van der Waals surface area contributed by atoms with Crippen LogP contribution in [0.2, 0.25) is 0 Å². The maximum atomic E-state index is 12.1. The molecule has 2 aromatic rings. The Balaban J connectivity index is 1.92. The number of aromatic nitrogens is 2. The smallest absolute Gasteiger partial charge is 0.240 e. The van der Waals surface area contributed by atoms with Crippen molar-refractivity contribution in [3.63, 3.8) is 0 Å². The first kappa shape index (κ1) is 15.5. The number of aromatic amines is 1. The Kier molecular flexibility index (Phi) is 5.32. The van der Waals surface area contributed by atoms with Crippen LogP contribution in [-0.2, 0) is 16.4 Å². The molecule has 0 saturated carbocycles. The Morgan fingerprint density at radius 3 is 2.67 bits per heavy atom. The Morgan fingerprint density at radius 1 is 1.29 bits per heavy atom. The molecule has 3 N–H and O–H groups in total. The molecular formula is C13H17N3O4S. The van der Waals surface area contributed by atoms with Gasteiger partial charge in [-0.15, -0.1) is 0 Å². The second kappa shape index (κ2) is 7.21. The van der Waals surface area contributed by atoms with Crippen LogP contribution in [0.25, 0.3) is 0 Å². The Labute approximate surface area is 123 Å². The Hall–Kier alpha value is -1.90. The number of hydrogen-bond acceptors (Lipinski definition) is 5. The molecule has 0 aliphatic heterocycles. The summed E-state index contributed by atoms with van der Waals surface area (Å²) in [5.41, 5.74) is 0.866. The highest BCUT2D eigenvalue weighted by molar-refractivity contribution is 7.89. The van der Waals surface area contributed by atoms with Crippen LogP contribution < -0.4 is 9.46 Å². The standard InChI is InChI=1S/C13H17N3O4S/c17-7-8-20-12-1-3-13(4-2-12)21(18,19)16-6-5-11-9-14-10-15-11/h1-4,9-10,16-17H,5-8H2,(H,14,15). The van der Waals surface area contributed by atoms with Crippen LogP contribution in [0.3, 0.4) is 0 Å². The zero-order chi connectivity index (χ0) is 15.1. The summed E-state index contributed by atoms with van der Waals surface area (Å²) < 4.78 is 31.8. The second-order valence-electron chi connectivity index (χ2n) is 4.27. The predicted octanol–water partition coefficient (Wildman–Crippen LogP) is 0.302. The van der Waals surface area contributed by atoms with Crippen molar-refractivity contribution in [2.75, 3.05) is 19.8 Å². The van der Waals surface area contributed by atoms with E-state index in [1.165, 1.54) is 12.1 Å². The summed E-state index contributed by atoms with van der Waals surface area (Å²) in [5.74, 6) is 0.514. The zero-order valence-corrected chi connectivity index (χ0v) is 12.1.